The molecule has 1 aromatic rings. The topological polar surface area (TPSA) is 107 Å². The Kier molecular flexibility index (Phi) is 30.3. The first kappa shape index (κ1) is 47.6. The number of unbranched alkanes of at least 4 members (excludes halogenated alkanes) is 24. The maximum atomic E-state index is 12.9. The second kappa shape index (κ2) is 33.1. The van der Waals surface area contributed by atoms with Gasteiger partial charge in [0.1, 0.15) is 0 Å². The molecule has 0 heterocycles. The molecular formula is C44H74O7S. The van der Waals surface area contributed by atoms with Crippen LogP contribution in [0.4, 0.5) is 0 Å². The highest BCUT2D eigenvalue weighted by molar-refractivity contribution is 7.85. The highest BCUT2D eigenvalue weighted by atomic mass is 32.2. The zero-order chi connectivity index (χ0) is 38.0. The lowest BCUT2D eigenvalue weighted by Crippen LogP contribution is -2.16. The maximum absolute atomic E-state index is 12.9. The maximum Gasteiger partial charge on any atom is 0.339 e. The smallest absolute Gasteiger partial charge is 0.339 e. The fourth-order valence-electron chi connectivity index (χ4n) is 6.24. The molecule has 1 rings (SSSR count). The molecule has 0 aliphatic heterocycles. The Morgan fingerprint density at radius 1 is 0.500 bits per heavy atom. The molecule has 1 aromatic carbocycles. The van der Waals surface area contributed by atoms with Gasteiger partial charge in [0, 0.05) is 0 Å². The van der Waals surface area contributed by atoms with Gasteiger partial charge in [0.05, 0.1) is 29.2 Å². The van der Waals surface area contributed by atoms with Crippen LogP contribution in [0.2, 0.25) is 0 Å². The summed E-state index contributed by atoms with van der Waals surface area (Å²) in [4.78, 5) is 25.3. The van der Waals surface area contributed by atoms with Crippen molar-refractivity contribution in [2.45, 2.75) is 199 Å². The molecule has 0 unspecified atom stereocenters. The zero-order valence-electron chi connectivity index (χ0n) is 33.1. The molecule has 0 saturated heterocycles. The Balaban J connectivity index is 2.29. The minimum absolute atomic E-state index is 0.0868. The summed E-state index contributed by atoms with van der Waals surface area (Å²) in [6, 6.07) is 3.24. The van der Waals surface area contributed by atoms with Crippen LogP contribution in [0.5, 0.6) is 0 Å². The van der Waals surface area contributed by atoms with Crippen LogP contribution in [-0.4, -0.2) is 38.1 Å². The van der Waals surface area contributed by atoms with Gasteiger partial charge in [-0.05, 0) is 69.6 Å². The average molecular weight is 747 g/mol. The molecule has 0 saturated carbocycles. The van der Waals surface area contributed by atoms with Gasteiger partial charge in [0.25, 0.3) is 10.1 Å². The highest BCUT2D eigenvalue weighted by Gasteiger charge is 2.23. The SMILES string of the molecule is CCCCCCCCCCCCC/C=C/CCCOC(=O)c1ccc(S(=O)(=O)O)cc1C(=O)OCCC/C=C/CCCCCCCCCCCCC. The zero-order valence-corrected chi connectivity index (χ0v) is 33.9. The summed E-state index contributed by atoms with van der Waals surface area (Å²) in [5.41, 5.74) is -0.324. The van der Waals surface area contributed by atoms with Crippen LogP contribution in [0.3, 0.4) is 0 Å². The minimum Gasteiger partial charge on any atom is -0.462 e. The first-order valence-electron chi connectivity index (χ1n) is 21.1. The third-order valence-corrected chi connectivity index (χ3v) is 10.4. The molecule has 298 valence electrons. The lowest BCUT2D eigenvalue weighted by atomic mass is 10.1. The minimum atomic E-state index is -4.58. The van der Waals surface area contributed by atoms with Crippen molar-refractivity contribution >= 4 is 22.1 Å². The van der Waals surface area contributed by atoms with E-state index in [0.717, 1.165) is 37.8 Å². The van der Waals surface area contributed by atoms with E-state index in [0.29, 0.717) is 12.8 Å². The molecule has 1 N–H and O–H groups in total. The van der Waals surface area contributed by atoms with E-state index in [1.54, 1.807) is 0 Å². The Morgan fingerprint density at radius 2 is 0.827 bits per heavy atom. The van der Waals surface area contributed by atoms with Gasteiger partial charge in [0.2, 0.25) is 0 Å². The van der Waals surface area contributed by atoms with Gasteiger partial charge in [-0.3, -0.25) is 4.55 Å². The number of hydrogen-bond donors (Lipinski definition) is 1. The largest absolute Gasteiger partial charge is 0.462 e. The van der Waals surface area contributed by atoms with Crippen molar-refractivity contribution in [3.8, 4) is 0 Å². The van der Waals surface area contributed by atoms with Crippen molar-refractivity contribution in [3.63, 3.8) is 0 Å². The molecule has 0 amide bonds. The van der Waals surface area contributed by atoms with Gasteiger partial charge in [-0.15, -0.1) is 0 Å². The lowest BCUT2D eigenvalue weighted by molar-refractivity contribution is 0.0453. The standard InChI is InChI=1S/C44H74O7S/c1-3-5-7-9-11-13-15-17-19-21-23-25-27-29-31-33-37-50-43(45)41-36-35-40(52(47,48)49)39-42(41)44(46)51-38-34-32-30-28-26-24-22-20-18-16-14-12-10-8-6-4-2/h27-30,35-36,39H,3-26,31-34,37-38H2,1-2H3,(H,47,48,49)/b29-27+,30-28+. The van der Waals surface area contributed by atoms with E-state index in [-0.39, 0.29) is 24.3 Å². The van der Waals surface area contributed by atoms with Crippen LogP contribution < -0.4 is 0 Å². The van der Waals surface area contributed by atoms with Crippen molar-refractivity contribution < 1.29 is 32.0 Å². The highest BCUT2D eigenvalue weighted by Crippen LogP contribution is 2.19. The Bertz CT molecular complexity index is 1200. The fourth-order valence-corrected chi connectivity index (χ4v) is 6.75. The number of allylic oxidation sites excluding steroid dienone is 4. The van der Waals surface area contributed by atoms with Crippen molar-refractivity contribution in [3.05, 3.63) is 53.6 Å². The summed E-state index contributed by atoms with van der Waals surface area (Å²) in [7, 11) is -4.58. The third kappa shape index (κ3) is 26.3. The van der Waals surface area contributed by atoms with E-state index in [4.69, 9.17) is 9.47 Å². The molecule has 0 aromatic heterocycles. The predicted molar refractivity (Wildman–Crippen MR) is 216 cm³/mol. The van der Waals surface area contributed by atoms with E-state index in [1.807, 2.05) is 0 Å². The molecule has 0 atom stereocenters. The van der Waals surface area contributed by atoms with E-state index in [9.17, 15) is 22.6 Å². The Morgan fingerprint density at radius 3 is 1.19 bits per heavy atom. The van der Waals surface area contributed by atoms with E-state index >= 15 is 0 Å². The van der Waals surface area contributed by atoms with Crippen molar-refractivity contribution in [1.29, 1.82) is 0 Å². The van der Waals surface area contributed by atoms with Gasteiger partial charge in [0.15, 0.2) is 0 Å². The summed E-state index contributed by atoms with van der Waals surface area (Å²) in [6.07, 6.45) is 42.6. The molecule has 52 heavy (non-hydrogen) atoms. The van der Waals surface area contributed by atoms with E-state index < -0.39 is 27.0 Å². The number of carbonyl (C=O) groups is 2. The Hall–Kier alpha value is -2.45. The van der Waals surface area contributed by atoms with Gasteiger partial charge in [-0.25, -0.2) is 9.59 Å². The number of carbonyl (C=O) groups excluding carboxylic acids is 2. The average Bonchev–Trinajstić information content (AvgIpc) is 3.13. The second-order valence-corrected chi connectivity index (χ2v) is 15.8. The van der Waals surface area contributed by atoms with Crippen LogP contribution in [0.1, 0.15) is 214 Å². The summed E-state index contributed by atoms with van der Waals surface area (Å²) < 4.78 is 43.8. The molecule has 0 aliphatic carbocycles. The van der Waals surface area contributed by atoms with E-state index in [1.165, 1.54) is 147 Å². The molecule has 0 bridgehead atoms. The van der Waals surface area contributed by atoms with Crippen LogP contribution in [0.15, 0.2) is 47.4 Å². The number of ether oxygens (including phenoxy) is 2. The molecule has 0 fully saturated rings. The molecule has 7 nitrogen and oxygen atoms in total. The van der Waals surface area contributed by atoms with Crippen molar-refractivity contribution in [2.24, 2.45) is 0 Å². The van der Waals surface area contributed by atoms with Crippen LogP contribution in [0, 0.1) is 0 Å². The molecule has 0 spiro atoms. The van der Waals surface area contributed by atoms with Crippen LogP contribution >= 0.6 is 0 Å². The van der Waals surface area contributed by atoms with Crippen LogP contribution in [-0.2, 0) is 19.6 Å². The first-order chi connectivity index (χ1) is 25.3. The first-order valence-corrected chi connectivity index (χ1v) is 22.5. The molecule has 0 aliphatic rings. The number of esters is 2. The quantitative estimate of drug-likeness (QED) is 0.0319. The van der Waals surface area contributed by atoms with Gasteiger partial charge in [-0.2, -0.15) is 8.42 Å². The summed E-state index contributed by atoms with van der Waals surface area (Å²) in [5, 5.41) is 0. The lowest BCUT2D eigenvalue weighted by Gasteiger charge is -2.11. The Labute approximate surface area is 318 Å². The van der Waals surface area contributed by atoms with E-state index in [2.05, 4.69) is 38.2 Å². The summed E-state index contributed by atoms with van der Waals surface area (Å²) >= 11 is 0. The van der Waals surface area contributed by atoms with Crippen LogP contribution in [0.25, 0.3) is 0 Å². The van der Waals surface area contributed by atoms with Crippen molar-refractivity contribution in [2.75, 3.05) is 13.2 Å². The number of hydrogen-bond acceptors (Lipinski definition) is 6. The molecule has 8 heteroatoms. The number of benzene rings is 1. The summed E-state index contributed by atoms with van der Waals surface area (Å²) in [5.74, 6) is -1.56. The van der Waals surface area contributed by atoms with Gasteiger partial charge >= 0.3 is 11.9 Å². The fraction of sp³-hybridized carbons (Fsp3) is 0.727. The molecule has 0 radical (unpaired) electrons. The summed E-state index contributed by atoms with van der Waals surface area (Å²) in [6.45, 7) is 4.80. The predicted octanol–water partition coefficient (Wildman–Crippen LogP) is 13.3. The van der Waals surface area contributed by atoms with Crippen molar-refractivity contribution in [1.82, 2.24) is 0 Å². The third-order valence-electron chi connectivity index (χ3n) is 9.51. The molecular weight excluding hydrogens is 673 g/mol. The second-order valence-electron chi connectivity index (χ2n) is 14.3. The normalized spacial score (nSPS) is 11.9. The van der Waals surface area contributed by atoms with Gasteiger partial charge < -0.3 is 9.47 Å². The number of rotatable bonds is 35. The monoisotopic (exact) mass is 747 g/mol. The van der Waals surface area contributed by atoms with Gasteiger partial charge in [-0.1, -0.05) is 167 Å².